The molecule has 0 radical (unpaired) electrons. The molecular formula is H6BaBeFK. The zero-order chi connectivity index (χ0) is 0. The molecule has 0 atom stereocenters. The van der Waals surface area contributed by atoms with E-state index in [-0.39, 0.29) is 115 Å². The van der Waals surface area contributed by atoms with E-state index < -0.39 is 0 Å². The van der Waals surface area contributed by atoms with Gasteiger partial charge in [0, 0.05) is 0 Å². The monoisotopic (exact) mass is 211 g/mol. The van der Waals surface area contributed by atoms with Crippen molar-refractivity contribution in [3.63, 3.8) is 0 Å². The van der Waals surface area contributed by atoms with Crippen molar-refractivity contribution in [1.82, 2.24) is 0 Å². The van der Waals surface area contributed by atoms with E-state index in [9.17, 15) is 0 Å². The molecule has 0 amide bonds. The first-order chi connectivity index (χ1) is 0. The molecule has 0 spiro atoms. The molecule has 0 N–H and O–H groups in total. The summed E-state index contributed by atoms with van der Waals surface area (Å²) in [5.41, 5.74) is 0. The molecule has 0 aliphatic carbocycles. The first-order valence-electron chi connectivity index (χ1n) is 0. The Balaban J connectivity index is 0. The summed E-state index contributed by atoms with van der Waals surface area (Å²) < 4.78 is 0. The minimum absolute atomic E-state index is 0. The van der Waals surface area contributed by atoms with Crippen molar-refractivity contribution in [2.45, 2.75) is 0 Å². The molecule has 0 aromatic carbocycles. The second kappa shape index (κ2) is 16.2. The normalized spacial score (nSPS) is 0. The van der Waals surface area contributed by atoms with E-state index in [4.69, 9.17) is 0 Å². The van der Waals surface area contributed by atoms with E-state index in [0.717, 1.165) is 0 Å². The molecule has 0 rings (SSSR count). The summed E-state index contributed by atoms with van der Waals surface area (Å²) in [5.74, 6) is 0. The van der Waals surface area contributed by atoms with Crippen LogP contribution in [0.25, 0.3) is 0 Å². The Bertz CT molecular complexity index is 8.00. The first kappa shape index (κ1) is 26.6. The van der Waals surface area contributed by atoms with Crippen LogP contribution in [-0.4, -0.2) is 110 Å². The van der Waals surface area contributed by atoms with E-state index >= 15 is 0 Å². The average molecular weight is 210 g/mol. The third-order valence-electron chi connectivity index (χ3n) is 0. The second-order valence-corrected chi connectivity index (χ2v) is 0. The van der Waals surface area contributed by atoms with Gasteiger partial charge in [-0.05, 0) is 0 Å². The van der Waals surface area contributed by atoms with E-state index in [1.165, 1.54) is 0 Å². The van der Waals surface area contributed by atoms with Crippen LogP contribution in [0, 0.1) is 0 Å². The fraction of sp³-hybridized carbons (Fsp3) is 0. The van der Waals surface area contributed by atoms with Crippen molar-refractivity contribution in [3.05, 3.63) is 0 Å². The first-order valence-corrected chi connectivity index (χ1v) is 0. The summed E-state index contributed by atoms with van der Waals surface area (Å²) in [6, 6.07) is 0. The number of hydrogen-bond donors (Lipinski definition) is 0. The molecule has 4 heavy (non-hydrogen) atoms. The summed E-state index contributed by atoms with van der Waals surface area (Å²) in [4.78, 5) is 0. The van der Waals surface area contributed by atoms with Gasteiger partial charge in [0.25, 0.3) is 0 Å². The van der Waals surface area contributed by atoms with Gasteiger partial charge in [-0.3, -0.25) is 4.70 Å². The molecule has 0 aromatic rings. The molecule has 0 aromatic heterocycles. The van der Waals surface area contributed by atoms with Crippen molar-refractivity contribution >= 4 is 110 Å². The zero-order valence-corrected chi connectivity index (χ0v) is 0.408. The van der Waals surface area contributed by atoms with Crippen LogP contribution in [0.2, 0.25) is 0 Å². The van der Waals surface area contributed by atoms with Crippen molar-refractivity contribution in [2.24, 2.45) is 0 Å². The van der Waals surface area contributed by atoms with Gasteiger partial charge in [-0.25, -0.2) is 0 Å². The van der Waals surface area contributed by atoms with Crippen molar-refractivity contribution in [2.75, 3.05) is 0 Å². The molecule has 0 fully saturated rings. The summed E-state index contributed by atoms with van der Waals surface area (Å²) in [5, 5.41) is 0. The SMILES string of the molecule is F.[BaH2].[BeH2].[KH]. The van der Waals surface area contributed by atoms with Crippen LogP contribution in [0.15, 0.2) is 0 Å². The molecule has 0 saturated carbocycles. The van der Waals surface area contributed by atoms with Gasteiger partial charge in [0.1, 0.15) is 0 Å². The Morgan fingerprint density at radius 2 is 1.00 bits per heavy atom. The fourth-order valence-corrected chi connectivity index (χ4v) is 0. The van der Waals surface area contributed by atoms with Gasteiger partial charge in [0.05, 0.1) is 0 Å². The summed E-state index contributed by atoms with van der Waals surface area (Å²) in [6.07, 6.45) is 0. The molecule has 0 bridgehead atoms. The van der Waals surface area contributed by atoms with Crippen LogP contribution in [0.1, 0.15) is 0 Å². The molecule has 0 aliphatic heterocycles. The molecule has 4 heteroatoms. The van der Waals surface area contributed by atoms with Gasteiger partial charge in [0.15, 0.2) is 0 Å². The van der Waals surface area contributed by atoms with E-state index in [1.54, 1.807) is 0 Å². The Kier molecular flexibility index (Phi) is 108. The molecule has 0 unspecified atom stereocenters. The number of halogens is 1. The van der Waals surface area contributed by atoms with Crippen LogP contribution in [0.3, 0.4) is 0 Å². The van der Waals surface area contributed by atoms with Gasteiger partial charge in [0.2, 0.25) is 0 Å². The van der Waals surface area contributed by atoms with Crippen LogP contribution in [0.4, 0.5) is 4.70 Å². The van der Waals surface area contributed by atoms with Crippen LogP contribution in [-0.2, 0) is 0 Å². The summed E-state index contributed by atoms with van der Waals surface area (Å²) >= 11 is 0. The topological polar surface area (TPSA) is 0 Å². The quantitative estimate of drug-likeness (QED) is 0.394. The maximum atomic E-state index is 0. The molecule has 0 nitrogen and oxygen atoms in total. The van der Waals surface area contributed by atoms with Crippen LogP contribution < -0.4 is 0 Å². The van der Waals surface area contributed by atoms with Gasteiger partial charge >= 0.3 is 110 Å². The van der Waals surface area contributed by atoms with Crippen LogP contribution >= 0.6 is 0 Å². The van der Waals surface area contributed by atoms with E-state index in [0.29, 0.717) is 0 Å². The van der Waals surface area contributed by atoms with Gasteiger partial charge < -0.3 is 0 Å². The molecule has 0 heterocycles. The Labute approximate surface area is 112 Å². The second-order valence-electron chi connectivity index (χ2n) is 0. The van der Waals surface area contributed by atoms with Gasteiger partial charge in [-0.15, -0.1) is 0 Å². The number of hydrogen-bond acceptors (Lipinski definition) is 0. The van der Waals surface area contributed by atoms with Crippen molar-refractivity contribution in [3.8, 4) is 0 Å². The number of rotatable bonds is 0. The minimum atomic E-state index is 0. The maximum absolute atomic E-state index is 0. The standard InChI is InChI=1S/Ba.Be.FH.K.5H/h;;1H;;;;;;. The van der Waals surface area contributed by atoms with Crippen molar-refractivity contribution < 1.29 is 4.70 Å². The third-order valence-corrected chi connectivity index (χ3v) is 0. The average Bonchev–Trinajstić information content (AvgIpc) is 0. The Hall–Kier alpha value is 3.31. The molecule has 0 saturated heterocycles. The zero-order valence-electron chi connectivity index (χ0n) is 0.408. The summed E-state index contributed by atoms with van der Waals surface area (Å²) in [7, 11) is 0. The van der Waals surface area contributed by atoms with Crippen LogP contribution in [0.5, 0.6) is 0 Å². The predicted octanol–water partition coefficient (Wildman–Crippen LogP) is -2.33. The fourth-order valence-electron chi connectivity index (χ4n) is 0. The van der Waals surface area contributed by atoms with Gasteiger partial charge in [-0.2, -0.15) is 0 Å². The Morgan fingerprint density at radius 1 is 1.00 bits per heavy atom. The molecule has 18 valence electrons. The van der Waals surface area contributed by atoms with Gasteiger partial charge in [-0.1, -0.05) is 0 Å². The molecular weight excluding hydrogens is 204 g/mol. The van der Waals surface area contributed by atoms with E-state index in [1.807, 2.05) is 0 Å². The Morgan fingerprint density at radius 3 is 1.00 bits per heavy atom. The van der Waals surface area contributed by atoms with Crippen molar-refractivity contribution in [1.29, 1.82) is 0 Å². The predicted molar refractivity (Wildman–Crippen MR) is 26.7 cm³/mol. The third kappa shape index (κ3) is 9.00. The molecule has 0 aliphatic rings. The summed E-state index contributed by atoms with van der Waals surface area (Å²) in [6.45, 7) is 0. The van der Waals surface area contributed by atoms with E-state index in [2.05, 4.69) is 0 Å².